The molecule has 0 saturated heterocycles. The Morgan fingerprint density at radius 1 is 0.325 bits per heavy atom. The topological polar surface area (TPSA) is 237 Å². The van der Waals surface area contributed by atoms with E-state index in [4.69, 9.17) is 37.0 Å². The lowest BCUT2D eigenvalue weighted by Crippen LogP contribution is -2.30. The highest BCUT2D eigenvalue weighted by Gasteiger charge is 2.30. The largest absolute Gasteiger partial charge is 0.472 e. The predicted octanol–water partition coefficient (Wildman–Crippen LogP) is 17.7. The van der Waals surface area contributed by atoms with Gasteiger partial charge in [0.1, 0.15) is 19.3 Å². The van der Waals surface area contributed by atoms with Crippen molar-refractivity contribution in [2.75, 3.05) is 39.6 Å². The number of hydrogen-bond donors (Lipinski definition) is 3. The van der Waals surface area contributed by atoms with E-state index in [0.29, 0.717) is 31.6 Å². The van der Waals surface area contributed by atoms with Gasteiger partial charge >= 0.3 is 39.5 Å². The lowest BCUT2D eigenvalue weighted by Gasteiger charge is -2.21. The molecule has 83 heavy (non-hydrogen) atoms. The van der Waals surface area contributed by atoms with Crippen LogP contribution in [0.3, 0.4) is 0 Å². The fourth-order valence-electron chi connectivity index (χ4n) is 9.53. The third-order valence-corrected chi connectivity index (χ3v) is 16.6. The van der Waals surface area contributed by atoms with E-state index >= 15 is 0 Å². The molecule has 0 rings (SSSR count). The first-order valence-electron chi connectivity index (χ1n) is 33.5. The molecule has 0 spiro atoms. The molecule has 0 aliphatic carbocycles. The zero-order valence-electron chi connectivity index (χ0n) is 53.5. The van der Waals surface area contributed by atoms with Crippen molar-refractivity contribution in [3.05, 3.63) is 0 Å². The molecular weight excluding hydrogens is 1100 g/mol. The number of rotatable bonds is 63. The number of ether oxygens (including phenoxy) is 4. The van der Waals surface area contributed by atoms with Crippen LogP contribution in [0.4, 0.5) is 0 Å². The van der Waals surface area contributed by atoms with E-state index in [1.807, 2.05) is 0 Å². The fourth-order valence-corrected chi connectivity index (χ4v) is 11.1. The number of carbonyl (C=O) groups excluding carboxylic acids is 4. The number of esters is 4. The normalized spacial score (nSPS) is 14.3. The Kier molecular flexibility index (Phi) is 55.2. The summed E-state index contributed by atoms with van der Waals surface area (Å²) in [6, 6.07) is 0. The Hall–Kier alpha value is -1.94. The van der Waals surface area contributed by atoms with Crippen molar-refractivity contribution in [1.82, 2.24) is 0 Å². The highest BCUT2D eigenvalue weighted by atomic mass is 31.2. The van der Waals surface area contributed by atoms with Gasteiger partial charge < -0.3 is 33.8 Å². The number of aliphatic hydroxyl groups is 1. The maximum Gasteiger partial charge on any atom is 0.472 e. The lowest BCUT2D eigenvalue weighted by molar-refractivity contribution is -0.161. The van der Waals surface area contributed by atoms with Crippen molar-refractivity contribution in [2.45, 2.75) is 336 Å². The number of aliphatic hydroxyl groups excluding tert-OH is 1. The van der Waals surface area contributed by atoms with Gasteiger partial charge in [0.15, 0.2) is 12.2 Å². The summed E-state index contributed by atoms with van der Waals surface area (Å²) >= 11 is 0. The molecule has 0 aromatic heterocycles. The Balaban J connectivity index is 5.17. The first kappa shape index (κ1) is 81.1. The molecule has 2 unspecified atom stereocenters. The summed E-state index contributed by atoms with van der Waals surface area (Å²) < 4.78 is 67.9. The van der Waals surface area contributed by atoms with Gasteiger partial charge in [0.05, 0.1) is 26.4 Å². The third kappa shape index (κ3) is 58.8. The maximum atomic E-state index is 13.0. The second-order valence-corrected chi connectivity index (χ2v) is 27.0. The van der Waals surface area contributed by atoms with Crippen molar-refractivity contribution in [3.8, 4) is 0 Å². The number of carbonyl (C=O) groups is 4. The average Bonchev–Trinajstić information content (AvgIpc) is 3.45. The Morgan fingerprint density at radius 2 is 0.554 bits per heavy atom. The Labute approximate surface area is 505 Å². The lowest BCUT2D eigenvalue weighted by atomic mass is 10.0. The van der Waals surface area contributed by atoms with Gasteiger partial charge in [-0.15, -0.1) is 0 Å². The first-order valence-corrected chi connectivity index (χ1v) is 36.5. The summed E-state index contributed by atoms with van der Waals surface area (Å²) in [7, 11) is -9.88. The quantitative estimate of drug-likeness (QED) is 0.0222. The second kappa shape index (κ2) is 56.6. The molecule has 3 N–H and O–H groups in total. The van der Waals surface area contributed by atoms with Gasteiger partial charge in [-0.05, 0) is 37.5 Å². The molecule has 0 saturated carbocycles. The molecular formula is C64H124O17P2. The van der Waals surface area contributed by atoms with Gasteiger partial charge in [0.2, 0.25) is 0 Å². The van der Waals surface area contributed by atoms with E-state index < -0.39 is 97.5 Å². The van der Waals surface area contributed by atoms with Crippen LogP contribution in [-0.4, -0.2) is 96.7 Å². The Bertz CT molecular complexity index is 1630. The van der Waals surface area contributed by atoms with E-state index in [2.05, 4.69) is 41.5 Å². The molecule has 0 amide bonds. The van der Waals surface area contributed by atoms with E-state index in [0.717, 1.165) is 115 Å². The summed E-state index contributed by atoms with van der Waals surface area (Å²) in [5, 5.41) is 10.5. The van der Waals surface area contributed by atoms with Gasteiger partial charge in [-0.3, -0.25) is 37.3 Å². The highest BCUT2D eigenvalue weighted by molar-refractivity contribution is 7.47. The van der Waals surface area contributed by atoms with Crippen molar-refractivity contribution in [1.29, 1.82) is 0 Å². The van der Waals surface area contributed by atoms with Crippen LogP contribution in [0.15, 0.2) is 0 Å². The molecule has 0 heterocycles. The minimum absolute atomic E-state index is 0.104. The fraction of sp³-hybridized carbons (Fsp3) is 0.938. The zero-order chi connectivity index (χ0) is 61.5. The number of phosphoric ester groups is 2. The summed E-state index contributed by atoms with van der Waals surface area (Å²) in [5.74, 6) is -0.639. The summed E-state index contributed by atoms with van der Waals surface area (Å²) in [4.78, 5) is 72.0. The smallest absolute Gasteiger partial charge is 0.462 e. The molecule has 0 bridgehead atoms. The monoisotopic (exact) mass is 1230 g/mol. The molecule has 0 aliphatic rings. The van der Waals surface area contributed by atoms with Crippen LogP contribution in [0.2, 0.25) is 0 Å². The van der Waals surface area contributed by atoms with E-state index in [-0.39, 0.29) is 25.7 Å². The average molecular weight is 1230 g/mol. The van der Waals surface area contributed by atoms with E-state index in [1.165, 1.54) is 116 Å². The van der Waals surface area contributed by atoms with Crippen molar-refractivity contribution < 1.29 is 80.2 Å². The Morgan fingerprint density at radius 3 is 0.819 bits per heavy atom. The zero-order valence-corrected chi connectivity index (χ0v) is 55.3. The van der Waals surface area contributed by atoms with Crippen LogP contribution in [0.5, 0.6) is 0 Å². The molecule has 19 heteroatoms. The van der Waals surface area contributed by atoms with E-state index in [9.17, 15) is 43.2 Å². The number of hydrogen-bond acceptors (Lipinski definition) is 15. The summed E-state index contributed by atoms with van der Waals surface area (Å²) in [6.07, 6.45) is 39.1. The molecule has 0 aliphatic heterocycles. The second-order valence-electron chi connectivity index (χ2n) is 24.1. The third-order valence-electron chi connectivity index (χ3n) is 14.7. The molecule has 0 aromatic rings. The van der Waals surface area contributed by atoms with Crippen molar-refractivity contribution >= 4 is 39.5 Å². The maximum absolute atomic E-state index is 13.0. The summed E-state index contributed by atoms with van der Waals surface area (Å²) in [5.41, 5.74) is 0. The van der Waals surface area contributed by atoms with Crippen molar-refractivity contribution in [3.63, 3.8) is 0 Å². The minimum Gasteiger partial charge on any atom is -0.462 e. The SMILES string of the molecule is CCCCCCCCCCC(=O)OC[C@H](COP(=O)(O)OC[C@H](O)COP(=O)(O)OC[C@@H](COC(=O)CCCCCCCCCC(C)C)OC(=O)CCCCCCCCCCCCCCCCC(C)C)OC(=O)CCCCCCCCCC. The standard InChI is InChI=1S/C64H124O17P2/c1-7-9-11-13-15-28-34-40-46-61(66)74-52-59(80-63(68)48-42-36-29-16-14-12-10-8-2)54-78-82(70,71)76-50-58(65)51-77-83(72,73)79-55-60(53-75-62(67)47-41-35-31-25-27-33-39-45-57(5)6)81-64(69)49-43-37-30-24-22-20-18-17-19-21-23-26-32-38-44-56(3)4/h56-60,65H,7-55H2,1-6H3,(H,70,71)(H,72,73)/t58-,59+,60+/m0/s1. The van der Waals surface area contributed by atoms with E-state index in [1.54, 1.807) is 0 Å². The molecule has 0 aromatic carbocycles. The van der Waals surface area contributed by atoms with Gasteiger partial charge in [-0.2, -0.15) is 0 Å². The van der Waals surface area contributed by atoms with Crippen LogP contribution in [0.25, 0.3) is 0 Å². The van der Waals surface area contributed by atoms with Gasteiger partial charge in [0.25, 0.3) is 0 Å². The van der Waals surface area contributed by atoms with Crippen LogP contribution >= 0.6 is 15.6 Å². The van der Waals surface area contributed by atoms with Gasteiger partial charge in [0, 0.05) is 25.7 Å². The molecule has 492 valence electrons. The van der Waals surface area contributed by atoms with Crippen LogP contribution < -0.4 is 0 Å². The molecule has 5 atom stereocenters. The molecule has 17 nitrogen and oxygen atoms in total. The van der Waals surface area contributed by atoms with Crippen LogP contribution in [0.1, 0.15) is 318 Å². The molecule has 0 fully saturated rings. The van der Waals surface area contributed by atoms with Gasteiger partial charge in [-0.1, -0.05) is 266 Å². The van der Waals surface area contributed by atoms with Crippen molar-refractivity contribution in [2.24, 2.45) is 11.8 Å². The van der Waals surface area contributed by atoms with Crippen LogP contribution in [-0.2, 0) is 65.4 Å². The summed E-state index contributed by atoms with van der Waals surface area (Å²) in [6.45, 7) is 9.41. The minimum atomic E-state index is -4.94. The predicted molar refractivity (Wildman–Crippen MR) is 331 cm³/mol. The molecule has 0 radical (unpaired) electrons. The first-order chi connectivity index (χ1) is 39.9. The number of phosphoric acid groups is 2. The number of unbranched alkanes of at least 4 members (excludes halogenated alkanes) is 33. The highest BCUT2D eigenvalue weighted by Crippen LogP contribution is 2.45. The van der Waals surface area contributed by atoms with Crippen LogP contribution in [0, 0.1) is 11.8 Å². The van der Waals surface area contributed by atoms with Gasteiger partial charge in [-0.25, -0.2) is 9.13 Å².